The van der Waals surface area contributed by atoms with Gasteiger partial charge in [-0.2, -0.15) is 4.98 Å². The lowest BCUT2D eigenvalue weighted by Crippen LogP contribution is -2.07. The first-order chi connectivity index (χ1) is 9.78. The fourth-order valence-corrected chi connectivity index (χ4v) is 2.57. The van der Waals surface area contributed by atoms with E-state index in [1.165, 1.54) is 0 Å². The van der Waals surface area contributed by atoms with Crippen LogP contribution in [0.3, 0.4) is 0 Å². The Labute approximate surface area is 119 Å². The van der Waals surface area contributed by atoms with E-state index in [1.54, 1.807) is 16.0 Å². The molecule has 0 fully saturated rings. The second kappa shape index (κ2) is 5.41. The predicted octanol–water partition coefficient (Wildman–Crippen LogP) is 1.97. The van der Waals surface area contributed by atoms with E-state index in [2.05, 4.69) is 27.4 Å². The van der Waals surface area contributed by atoms with Crippen LogP contribution in [-0.2, 0) is 13.0 Å². The van der Waals surface area contributed by atoms with Gasteiger partial charge in [0.15, 0.2) is 5.82 Å². The van der Waals surface area contributed by atoms with Crippen molar-refractivity contribution in [2.45, 2.75) is 26.3 Å². The first-order valence-electron chi connectivity index (χ1n) is 6.32. The highest BCUT2D eigenvalue weighted by Crippen LogP contribution is 2.21. The molecule has 2 N–H and O–H groups in total. The summed E-state index contributed by atoms with van der Waals surface area (Å²) < 4.78 is 6.96. The van der Waals surface area contributed by atoms with Crippen LogP contribution in [0.4, 0.5) is 5.82 Å². The summed E-state index contributed by atoms with van der Waals surface area (Å²) in [4.78, 5) is 5.34. The van der Waals surface area contributed by atoms with Gasteiger partial charge in [-0.05, 0) is 17.9 Å². The van der Waals surface area contributed by atoms with Crippen LogP contribution in [0.25, 0.3) is 10.7 Å². The first kappa shape index (κ1) is 12.8. The van der Waals surface area contributed by atoms with Crippen molar-refractivity contribution in [2.75, 3.05) is 5.73 Å². The Kier molecular flexibility index (Phi) is 3.46. The highest BCUT2D eigenvalue weighted by molar-refractivity contribution is 7.13. The van der Waals surface area contributed by atoms with Crippen molar-refractivity contribution in [1.82, 2.24) is 25.1 Å². The Hall–Kier alpha value is -2.22. The number of nitrogens with zero attached hydrogens (tertiary/aromatic N) is 5. The maximum absolute atomic E-state index is 5.80. The number of nitrogen functional groups attached to an aromatic ring is 1. The molecule has 0 aliphatic rings. The molecule has 0 saturated carbocycles. The van der Waals surface area contributed by atoms with E-state index in [-0.39, 0.29) is 0 Å². The maximum Gasteiger partial charge on any atom is 0.248 e. The monoisotopic (exact) mass is 290 g/mol. The van der Waals surface area contributed by atoms with Crippen molar-refractivity contribution in [3.8, 4) is 10.7 Å². The molecule has 3 aromatic heterocycles. The summed E-state index contributed by atoms with van der Waals surface area (Å²) in [5, 5.41) is 13.9. The molecular weight excluding hydrogens is 276 g/mol. The molecule has 3 aromatic rings. The minimum absolute atomic E-state index is 0.387. The summed E-state index contributed by atoms with van der Waals surface area (Å²) in [7, 11) is 0. The van der Waals surface area contributed by atoms with E-state index in [4.69, 9.17) is 10.3 Å². The van der Waals surface area contributed by atoms with Gasteiger partial charge in [-0.3, -0.25) is 0 Å². The van der Waals surface area contributed by atoms with E-state index in [1.807, 2.05) is 17.5 Å². The van der Waals surface area contributed by atoms with Gasteiger partial charge >= 0.3 is 0 Å². The van der Waals surface area contributed by atoms with Crippen molar-refractivity contribution in [2.24, 2.45) is 0 Å². The zero-order chi connectivity index (χ0) is 13.9. The van der Waals surface area contributed by atoms with Crippen LogP contribution in [0.5, 0.6) is 0 Å². The average Bonchev–Trinajstić information content (AvgIpc) is 3.15. The van der Waals surface area contributed by atoms with E-state index >= 15 is 0 Å². The van der Waals surface area contributed by atoms with Gasteiger partial charge in [-0.25, -0.2) is 4.68 Å². The van der Waals surface area contributed by atoms with Crippen molar-refractivity contribution in [3.05, 3.63) is 29.1 Å². The fraction of sp³-hybridized carbons (Fsp3) is 0.333. The number of rotatable bonds is 5. The Morgan fingerprint density at radius 3 is 3.10 bits per heavy atom. The molecule has 0 aliphatic heterocycles. The summed E-state index contributed by atoms with van der Waals surface area (Å²) in [6.45, 7) is 2.47. The number of aromatic nitrogens is 5. The highest BCUT2D eigenvalue weighted by atomic mass is 32.1. The summed E-state index contributed by atoms with van der Waals surface area (Å²) in [5.74, 6) is 1.56. The van der Waals surface area contributed by atoms with E-state index < -0.39 is 0 Å². The van der Waals surface area contributed by atoms with Gasteiger partial charge in [-0.1, -0.05) is 29.8 Å². The fourth-order valence-electron chi connectivity index (χ4n) is 1.92. The molecule has 8 heteroatoms. The molecule has 0 aliphatic carbocycles. The van der Waals surface area contributed by atoms with Crippen LogP contribution in [0.1, 0.15) is 24.9 Å². The van der Waals surface area contributed by atoms with E-state index in [0.717, 1.165) is 23.4 Å². The molecule has 3 heterocycles. The molecular formula is C12H14N6OS. The van der Waals surface area contributed by atoms with E-state index in [0.29, 0.717) is 24.1 Å². The molecule has 0 saturated heterocycles. The number of hydrogen-bond donors (Lipinski definition) is 1. The third-order valence-corrected chi connectivity index (χ3v) is 3.71. The number of hydrogen-bond acceptors (Lipinski definition) is 7. The van der Waals surface area contributed by atoms with Gasteiger partial charge in [0, 0.05) is 0 Å². The minimum atomic E-state index is 0.387. The molecule has 7 nitrogen and oxygen atoms in total. The topological polar surface area (TPSA) is 95.7 Å². The minimum Gasteiger partial charge on any atom is -0.381 e. The quantitative estimate of drug-likeness (QED) is 0.771. The molecule has 104 valence electrons. The van der Waals surface area contributed by atoms with Crippen LogP contribution >= 0.6 is 11.3 Å². The first-order valence-corrected chi connectivity index (χ1v) is 7.20. The van der Waals surface area contributed by atoms with Gasteiger partial charge in [0.2, 0.25) is 11.7 Å². The third-order valence-electron chi connectivity index (χ3n) is 2.85. The molecule has 0 radical (unpaired) electrons. The molecule has 0 bridgehead atoms. The zero-order valence-corrected chi connectivity index (χ0v) is 11.8. The number of anilines is 1. The van der Waals surface area contributed by atoms with Crippen molar-refractivity contribution in [3.63, 3.8) is 0 Å². The Balaban J connectivity index is 1.82. The van der Waals surface area contributed by atoms with Crippen LogP contribution in [-0.4, -0.2) is 25.1 Å². The lowest BCUT2D eigenvalue weighted by atomic mass is 10.2. The van der Waals surface area contributed by atoms with Gasteiger partial charge in [0.1, 0.15) is 6.54 Å². The second-order valence-electron chi connectivity index (χ2n) is 4.32. The Bertz CT molecular complexity index is 687. The second-order valence-corrected chi connectivity index (χ2v) is 5.27. The zero-order valence-electron chi connectivity index (χ0n) is 11.0. The number of thiophene rings is 1. The van der Waals surface area contributed by atoms with Crippen molar-refractivity contribution < 1.29 is 4.52 Å². The lowest BCUT2D eigenvalue weighted by Gasteiger charge is -2.02. The largest absolute Gasteiger partial charge is 0.381 e. The molecule has 0 aromatic carbocycles. The molecule has 0 amide bonds. The smallest absolute Gasteiger partial charge is 0.248 e. The molecule has 0 unspecified atom stereocenters. The SMILES string of the molecule is CCCc1c(N)nnn1Cc1nc(-c2cccs2)no1. The van der Waals surface area contributed by atoms with Crippen LogP contribution in [0, 0.1) is 0 Å². The average molecular weight is 290 g/mol. The summed E-state index contributed by atoms with van der Waals surface area (Å²) in [6, 6.07) is 3.91. The van der Waals surface area contributed by atoms with Gasteiger partial charge in [0.05, 0.1) is 10.6 Å². The number of nitrogens with two attached hydrogens (primary N) is 1. The Morgan fingerprint density at radius 1 is 1.45 bits per heavy atom. The molecule has 0 atom stereocenters. The van der Waals surface area contributed by atoms with E-state index in [9.17, 15) is 0 Å². The maximum atomic E-state index is 5.80. The summed E-state index contributed by atoms with van der Waals surface area (Å²) in [5.41, 5.74) is 6.71. The summed E-state index contributed by atoms with van der Waals surface area (Å²) >= 11 is 1.57. The van der Waals surface area contributed by atoms with Crippen LogP contribution in [0.15, 0.2) is 22.0 Å². The normalized spacial score (nSPS) is 11.1. The van der Waals surface area contributed by atoms with Crippen LogP contribution < -0.4 is 5.73 Å². The Morgan fingerprint density at radius 2 is 2.35 bits per heavy atom. The third kappa shape index (κ3) is 2.42. The van der Waals surface area contributed by atoms with Crippen molar-refractivity contribution in [1.29, 1.82) is 0 Å². The molecule has 20 heavy (non-hydrogen) atoms. The van der Waals surface area contributed by atoms with Crippen LogP contribution in [0.2, 0.25) is 0 Å². The predicted molar refractivity (Wildman–Crippen MR) is 75.1 cm³/mol. The van der Waals surface area contributed by atoms with Gasteiger partial charge < -0.3 is 10.3 Å². The van der Waals surface area contributed by atoms with Gasteiger partial charge in [0.25, 0.3) is 0 Å². The molecule has 3 rings (SSSR count). The lowest BCUT2D eigenvalue weighted by molar-refractivity contribution is 0.362. The van der Waals surface area contributed by atoms with Gasteiger partial charge in [-0.15, -0.1) is 16.4 Å². The summed E-state index contributed by atoms with van der Waals surface area (Å²) in [6.07, 6.45) is 1.80. The highest BCUT2D eigenvalue weighted by Gasteiger charge is 2.14. The van der Waals surface area contributed by atoms with Crippen molar-refractivity contribution >= 4 is 17.2 Å². The standard InChI is InChI=1S/C12H14N6OS/c1-2-4-8-11(13)15-17-18(8)7-10-14-12(16-19-10)9-5-3-6-20-9/h3,5-6H,2,4,7,13H2,1H3. The molecule has 0 spiro atoms.